The summed E-state index contributed by atoms with van der Waals surface area (Å²) >= 11 is 0. The van der Waals surface area contributed by atoms with E-state index in [4.69, 9.17) is 5.11 Å². The van der Waals surface area contributed by atoms with Gasteiger partial charge in [-0.2, -0.15) is 0 Å². The van der Waals surface area contributed by atoms with Gasteiger partial charge in [0.1, 0.15) is 6.73 Å². The number of aromatic nitrogens is 1. The molecular formula is C10H13NO2. The van der Waals surface area contributed by atoms with Crippen LogP contribution in [0, 0.1) is 6.92 Å². The lowest BCUT2D eigenvalue weighted by molar-refractivity contribution is 0.0970. The summed E-state index contributed by atoms with van der Waals surface area (Å²) in [7, 11) is 0. The summed E-state index contributed by atoms with van der Waals surface area (Å²) in [6.45, 7) is 1.90. The molecule has 1 aliphatic carbocycles. The Morgan fingerprint density at radius 1 is 1.54 bits per heavy atom. The first-order valence-corrected chi connectivity index (χ1v) is 4.56. The molecule has 1 N–H and O–H groups in total. The van der Waals surface area contributed by atoms with Crippen LogP contribution in [0.4, 0.5) is 0 Å². The lowest BCUT2D eigenvalue weighted by Crippen LogP contribution is -2.13. The molecule has 0 unspecified atom stereocenters. The van der Waals surface area contributed by atoms with Crippen LogP contribution < -0.4 is 0 Å². The van der Waals surface area contributed by atoms with Gasteiger partial charge < -0.3 is 9.67 Å². The molecule has 1 heterocycles. The van der Waals surface area contributed by atoms with Crippen LogP contribution in [0.15, 0.2) is 6.20 Å². The SMILES string of the molecule is Cc1cn(CO)c2c1C(=O)CCC2. The summed E-state index contributed by atoms with van der Waals surface area (Å²) < 4.78 is 1.77. The Bertz CT molecular complexity index is 352. The maximum absolute atomic E-state index is 11.5. The van der Waals surface area contributed by atoms with E-state index in [1.807, 2.05) is 13.1 Å². The molecule has 2 rings (SSSR count). The van der Waals surface area contributed by atoms with Gasteiger partial charge in [0.25, 0.3) is 0 Å². The number of hydrogen-bond donors (Lipinski definition) is 1. The van der Waals surface area contributed by atoms with E-state index in [1.165, 1.54) is 0 Å². The minimum Gasteiger partial charge on any atom is -0.376 e. The van der Waals surface area contributed by atoms with Gasteiger partial charge in [-0.3, -0.25) is 4.79 Å². The van der Waals surface area contributed by atoms with Gasteiger partial charge in [0.15, 0.2) is 5.78 Å². The Kier molecular flexibility index (Phi) is 1.96. The summed E-state index contributed by atoms with van der Waals surface area (Å²) in [5.74, 6) is 0.228. The molecule has 3 heteroatoms. The van der Waals surface area contributed by atoms with Crippen LogP contribution in [0.3, 0.4) is 0 Å². The Morgan fingerprint density at radius 2 is 2.31 bits per heavy atom. The maximum atomic E-state index is 11.5. The summed E-state index contributed by atoms with van der Waals surface area (Å²) in [6.07, 6.45) is 4.34. The van der Waals surface area contributed by atoms with Crippen LogP contribution in [-0.2, 0) is 13.2 Å². The number of carbonyl (C=O) groups excluding carboxylic acids is 1. The minimum absolute atomic E-state index is 0.0244. The first-order chi connectivity index (χ1) is 6.24. The predicted molar refractivity (Wildman–Crippen MR) is 48.7 cm³/mol. The fourth-order valence-electron chi connectivity index (χ4n) is 2.06. The van der Waals surface area contributed by atoms with Crippen molar-refractivity contribution in [1.82, 2.24) is 4.57 Å². The third kappa shape index (κ3) is 1.20. The molecule has 13 heavy (non-hydrogen) atoms. The van der Waals surface area contributed by atoms with Crippen molar-refractivity contribution in [2.75, 3.05) is 0 Å². The first-order valence-electron chi connectivity index (χ1n) is 4.56. The molecule has 1 aromatic heterocycles. The van der Waals surface area contributed by atoms with E-state index in [2.05, 4.69) is 0 Å². The molecule has 3 nitrogen and oxygen atoms in total. The average Bonchev–Trinajstić information content (AvgIpc) is 2.44. The van der Waals surface area contributed by atoms with Gasteiger partial charge >= 0.3 is 0 Å². The molecule has 0 saturated carbocycles. The molecular weight excluding hydrogens is 166 g/mol. The molecule has 0 aliphatic heterocycles. The standard InChI is InChI=1S/C10H13NO2/c1-7-5-11(6-12)8-3-2-4-9(13)10(7)8/h5,12H,2-4,6H2,1H3. The van der Waals surface area contributed by atoms with E-state index in [1.54, 1.807) is 4.57 Å². The maximum Gasteiger partial charge on any atom is 0.164 e. The highest BCUT2D eigenvalue weighted by Gasteiger charge is 2.22. The molecule has 0 saturated heterocycles. The number of aliphatic hydroxyl groups is 1. The van der Waals surface area contributed by atoms with Gasteiger partial charge in [0.2, 0.25) is 0 Å². The van der Waals surface area contributed by atoms with E-state index in [0.29, 0.717) is 6.42 Å². The molecule has 1 aromatic rings. The quantitative estimate of drug-likeness (QED) is 0.705. The highest BCUT2D eigenvalue weighted by Crippen LogP contribution is 2.25. The summed E-state index contributed by atoms with van der Waals surface area (Å²) in [5.41, 5.74) is 2.85. The molecule has 0 spiro atoms. The van der Waals surface area contributed by atoms with Crippen LogP contribution in [0.5, 0.6) is 0 Å². The van der Waals surface area contributed by atoms with Gasteiger partial charge in [0.05, 0.1) is 0 Å². The molecule has 0 amide bonds. The number of rotatable bonds is 1. The second-order valence-corrected chi connectivity index (χ2v) is 3.52. The second kappa shape index (κ2) is 3.00. The minimum atomic E-state index is -0.0244. The highest BCUT2D eigenvalue weighted by molar-refractivity contribution is 5.99. The highest BCUT2D eigenvalue weighted by atomic mass is 16.3. The number of aryl methyl sites for hydroxylation is 1. The van der Waals surface area contributed by atoms with E-state index >= 15 is 0 Å². The molecule has 0 atom stereocenters. The number of Topliss-reactive ketones (excluding diaryl/α,β-unsaturated/α-hetero) is 1. The number of hydrogen-bond acceptors (Lipinski definition) is 2. The zero-order chi connectivity index (χ0) is 9.42. The van der Waals surface area contributed by atoms with Crippen molar-refractivity contribution in [3.8, 4) is 0 Å². The zero-order valence-electron chi connectivity index (χ0n) is 7.71. The first kappa shape index (κ1) is 8.51. The van der Waals surface area contributed by atoms with E-state index in [9.17, 15) is 4.79 Å². The lowest BCUT2D eigenvalue weighted by atomic mass is 9.94. The van der Waals surface area contributed by atoms with E-state index in [0.717, 1.165) is 29.7 Å². The van der Waals surface area contributed by atoms with E-state index < -0.39 is 0 Å². The third-order valence-electron chi connectivity index (χ3n) is 2.63. The van der Waals surface area contributed by atoms with Gasteiger partial charge in [0, 0.05) is 23.9 Å². The largest absolute Gasteiger partial charge is 0.376 e. The van der Waals surface area contributed by atoms with E-state index in [-0.39, 0.29) is 12.5 Å². The molecule has 0 fully saturated rings. The third-order valence-corrected chi connectivity index (χ3v) is 2.63. The number of ketones is 1. The van der Waals surface area contributed by atoms with Crippen molar-refractivity contribution in [2.24, 2.45) is 0 Å². The van der Waals surface area contributed by atoms with Crippen LogP contribution in [-0.4, -0.2) is 15.5 Å². The van der Waals surface area contributed by atoms with Crippen molar-refractivity contribution in [2.45, 2.75) is 32.9 Å². The fraction of sp³-hybridized carbons (Fsp3) is 0.500. The van der Waals surface area contributed by atoms with Gasteiger partial charge in [-0.05, 0) is 25.3 Å². The smallest absolute Gasteiger partial charge is 0.164 e. The zero-order valence-corrected chi connectivity index (χ0v) is 7.71. The van der Waals surface area contributed by atoms with Gasteiger partial charge in [-0.25, -0.2) is 0 Å². The van der Waals surface area contributed by atoms with Crippen molar-refractivity contribution in [1.29, 1.82) is 0 Å². The van der Waals surface area contributed by atoms with Crippen LogP contribution in [0.25, 0.3) is 0 Å². The number of aliphatic hydroxyl groups excluding tert-OH is 1. The Hall–Kier alpha value is -1.09. The number of carbonyl (C=O) groups is 1. The van der Waals surface area contributed by atoms with Crippen molar-refractivity contribution in [3.63, 3.8) is 0 Å². The van der Waals surface area contributed by atoms with Crippen LogP contribution >= 0.6 is 0 Å². The monoisotopic (exact) mass is 179 g/mol. The Balaban J connectivity index is 2.57. The lowest BCUT2D eigenvalue weighted by Gasteiger charge is -2.13. The topological polar surface area (TPSA) is 42.2 Å². The molecule has 1 aliphatic rings. The summed E-state index contributed by atoms with van der Waals surface area (Å²) in [4.78, 5) is 11.5. The predicted octanol–water partition coefficient (Wildman–Crippen LogP) is 1.27. The van der Waals surface area contributed by atoms with Crippen LogP contribution in [0.2, 0.25) is 0 Å². The van der Waals surface area contributed by atoms with Gasteiger partial charge in [-0.1, -0.05) is 0 Å². The van der Waals surface area contributed by atoms with Crippen molar-refractivity contribution >= 4 is 5.78 Å². The molecule has 0 bridgehead atoms. The Morgan fingerprint density at radius 3 is 3.00 bits per heavy atom. The Labute approximate surface area is 77.0 Å². The molecule has 0 radical (unpaired) electrons. The van der Waals surface area contributed by atoms with Gasteiger partial charge in [-0.15, -0.1) is 0 Å². The van der Waals surface area contributed by atoms with Crippen LogP contribution in [0.1, 0.15) is 34.5 Å². The summed E-state index contributed by atoms with van der Waals surface area (Å²) in [5, 5.41) is 9.04. The second-order valence-electron chi connectivity index (χ2n) is 3.52. The number of nitrogens with zero attached hydrogens (tertiary/aromatic N) is 1. The number of fused-ring (bicyclic) bond motifs is 1. The fourth-order valence-corrected chi connectivity index (χ4v) is 2.06. The van der Waals surface area contributed by atoms with Crippen molar-refractivity contribution < 1.29 is 9.90 Å². The average molecular weight is 179 g/mol. The molecule has 70 valence electrons. The normalized spacial score (nSPS) is 16.0. The molecule has 0 aromatic carbocycles. The van der Waals surface area contributed by atoms with Crippen molar-refractivity contribution in [3.05, 3.63) is 23.0 Å². The summed E-state index contributed by atoms with van der Waals surface area (Å²) in [6, 6.07) is 0.